The van der Waals surface area contributed by atoms with E-state index in [-0.39, 0.29) is 12.6 Å². The van der Waals surface area contributed by atoms with Crippen LogP contribution in [0, 0.1) is 18.3 Å². The molecule has 33 heavy (non-hydrogen) atoms. The number of anilines is 3. The van der Waals surface area contributed by atoms with Gasteiger partial charge in [0.1, 0.15) is 0 Å². The fourth-order valence-electron chi connectivity index (χ4n) is 4.80. The summed E-state index contributed by atoms with van der Waals surface area (Å²) < 4.78 is 0.982. The molecular formula is C23H32N8OS. The second kappa shape index (κ2) is 10.5. The molecule has 3 aromatic heterocycles. The highest BCUT2D eigenvalue weighted by molar-refractivity contribution is 7.19. The zero-order valence-electron chi connectivity index (χ0n) is 19.4. The zero-order valence-corrected chi connectivity index (χ0v) is 20.2. The second-order valence-corrected chi connectivity index (χ2v) is 9.87. The van der Waals surface area contributed by atoms with E-state index in [1.54, 1.807) is 17.4 Å². The van der Waals surface area contributed by atoms with Crippen molar-refractivity contribution < 1.29 is 5.11 Å². The molecule has 9 nitrogen and oxygen atoms in total. The standard InChI is InChI=1S/C23H32N8OS/c1-4-17-10-15(11-18(5-2)31(17)8-6-7-24)25-23-26-19-9-14(3)33-21(19)22(28-23)27-20-12-16(13-32)29-30-20/h9,12,15,17-18,32H,4-6,8,10-11,13H2,1-3H3,(H3,25,26,27,28,29,30)/t15-,17-,18+. The highest BCUT2D eigenvalue weighted by atomic mass is 32.1. The molecule has 0 radical (unpaired) electrons. The number of hydrogen-bond acceptors (Lipinski definition) is 9. The van der Waals surface area contributed by atoms with Crippen molar-refractivity contribution in [3.8, 4) is 6.07 Å². The predicted octanol–water partition coefficient (Wildman–Crippen LogP) is 4.31. The van der Waals surface area contributed by atoms with Crippen LogP contribution < -0.4 is 10.6 Å². The van der Waals surface area contributed by atoms with Crippen molar-refractivity contribution in [3.63, 3.8) is 0 Å². The number of piperidine rings is 1. The van der Waals surface area contributed by atoms with Crippen LogP contribution in [0.25, 0.3) is 10.2 Å². The third-order valence-corrected chi connectivity index (χ3v) is 7.40. The molecule has 3 atom stereocenters. The van der Waals surface area contributed by atoms with Crippen LogP contribution in [0.2, 0.25) is 0 Å². The number of thiophene rings is 1. The molecule has 10 heteroatoms. The lowest BCUT2D eigenvalue weighted by Crippen LogP contribution is -2.52. The average Bonchev–Trinajstić information content (AvgIpc) is 3.43. The molecule has 0 amide bonds. The van der Waals surface area contributed by atoms with E-state index in [0.29, 0.717) is 41.8 Å². The third kappa shape index (κ3) is 5.27. The van der Waals surface area contributed by atoms with Crippen molar-refractivity contribution >= 4 is 39.1 Å². The number of H-pyrrole nitrogens is 1. The van der Waals surface area contributed by atoms with Gasteiger partial charge < -0.3 is 15.7 Å². The van der Waals surface area contributed by atoms with Gasteiger partial charge in [-0.1, -0.05) is 13.8 Å². The molecule has 0 aromatic carbocycles. The molecular weight excluding hydrogens is 436 g/mol. The van der Waals surface area contributed by atoms with E-state index in [1.807, 2.05) is 0 Å². The number of aliphatic hydroxyl groups is 1. The lowest BCUT2D eigenvalue weighted by molar-refractivity contribution is 0.0734. The summed E-state index contributed by atoms with van der Waals surface area (Å²) in [4.78, 5) is 13.3. The number of fused-ring (bicyclic) bond motifs is 1. The number of likely N-dealkylation sites (tertiary alicyclic amines) is 1. The monoisotopic (exact) mass is 468 g/mol. The summed E-state index contributed by atoms with van der Waals surface area (Å²) in [6, 6.07) is 7.32. The van der Waals surface area contributed by atoms with Gasteiger partial charge in [0.25, 0.3) is 0 Å². The number of nitrogens with zero attached hydrogens (tertiary/aromatic N) is 5. The van der Waals surface area contributed by atoms with Gasteiger partial charge in [0.15, 0.2) is 11.6 Å². The molecule has 1 saturated heterocycles. The summed E-state index contributed by atoms with van der Waals surface area (Å²) in [5.41, 5.74) is 1.55. The number of nitrogens with one attached hydrogen (secondary N) is 3. The summed E-state index contributed by atoms with van der Waals surface area (Å²) in [6.07, 6.45) is 4.70. The van der Waals surface area contributed by atoms with Crippen LogP contribution >= 0.6 is 11.3 Å². The first-order valence-electron chi connectivity index (χ1n) is 11.6. The maximum absolute atomic E-state index is 9.32. The summed E-state index contributed by atoms with van der Waals surface area (Å²) >= 11 is 1.65. The van der Waals surface area contributed by atoms with Gasteiger partial charge in [0.05, 0.1) is 28.6 Å². The van der Waals surface area contributed by atoms with Gasteiger partial charge in [0.2, 0.25) is 5.95 Å². The Hall–Kier alpha value is -2.74. The van der Waals surface area contributed by atoms with Crippen molar-refractivity contribution in [2.24, 2.45) is 0 Å². The van der Waals surface area contributed by atoms with Gasteiger partial charge in [-0.05, 0) is 38.7 Å². The average molecular weight is 469 g/mol. The number of nitriles is 1. The Morgan fingerprint density at radius 1 is 1.24 bits per heavy atom. The number of aliphatic hydroxyl groups excluding tert-OH is 1. The summed E-state index contributed by atoms with van der Waals surface area (Å²) in [7, 11) is 0. The Kier molecular flexibility index (Phi) is 7.42. The van der Waals surface area contributed by atoms with Crippen molar-refractivity contribution in [2.45, 2.75) is 77.6 Å². The predicted molar refractivity (Wildman–Crippen MR) is 132 cm³/mol. The molecule has 0 saturated carbocycles. The molecule has 0 unspecified atom stereocenters. The third-order valence-electron chi connectivity index (χ3n) is 6.35. The maximum atomic E-state index is 9.32. The van der Waals surface area contributed by atoms with Crippen LogP contribution in [0.1, 0.15) is 56.5 Å². The topological polar surface area (TPSA) is 126 Å². The quantitative estimate of drug-likeness (QED) is 0.366. The fraction of sp³-hybridized carbons (Fsp3) is 0.565. The van der Waals surface area contributed by atoms with E-state index >= 15 is 0 Å². The first-order chi connectivity index (χ1) is 16.0. The number of rotatable bonds is 9. The molecule has 1 aliphatic heterocycles. The maximum Gasteiger partial charge on any atom is 0.225 e. The highest BCUT2D eigenvalue weighted by Gasteiger charge is 2.34. The minimum absolute atomic E-state index is 0.0942. The normalized spacial score (nSPS) is 21.2. The Labute approximate surface area is 198 Å². The van der Waals surface area contributed by atoms with Crippen molar-refractivity contribution in [1.82, 2.24) is 25.1 Å². The van der Waals surface area contributed by atoms with Crippen LogP contribution in [0.3, 0.4) is 0 Å². The smallest absolute Gasteiger partial charge is 0.225 e. The summed E-state index contributed by atoms with van der Waals surface area (Å²) in [5, 5.41) is 32.3. The number of aromatic amines is 1. The minimum Gasteiger partial charge on any atom is -0.390 e. The number of hydrogen-bond donors (Lipinski definition) is 4. The SMILES string of the molecule is CC[C@@H]1C[C@@H](Nc2nc(Nc3cc(CO)[nH]n3)c3sc(C)cc3n2)C[C@H](CC)N1CCC#N. The molecule has 0 bridgehead atoms. The van der Waals surface area contributed by atoms with Crippen molar-refractivity contribution in [1.29, 1.82) is 5.26 Å². The van der Waals surface area contributed by atoms with Crippen LogP contribution in [-0.4, -0.2) is 54.8 Å². The van der Waals surface area contributed by atoms with Crippen LogP contribution in [0.15, 0.2) is 12.1 Å². The summed E-state index contributed by atoms with van der Waals surface area (Å²) in [6.45, 7) is 7.26. The zero-order chi connectivity index (χ0) is 23.4. The van der Waals surface area contributed by atoms with Crippen LogP contribution in [-0.2, 0) is 6.61 Å². The Bertz CT molecular complexity index is 1110. The Balaban J connectivity index is 1.57. The lowest BCUT2D eigenvalue weighted by atomic mass is 9.88. The lowest BCUT2D eigenvalue weighted by Gasteiger charge is -2.45. The molecule has 1 fully saturated rings. The van der Waals surface area contributed by atoms with E-state index in [4.69, 9.17) is 15.2 Å². The van der Waals surface area contributed by atoms with Gasteiger partial charge in [-0.25, -0.2) is 4.98 Å². The van der Waals surface area contributed by atoms with Gasteiger partial charge in [-0.15, -0.1) is 11.3 Å². The number of aryl methyl sites for hydroxylation is 1. The Morgan fingerprint density at radius 3 is 2.64 bits per heavy atom. The van der Waals surface area contributed by atoms with Gasteiger partial charge in [0, 0.05) is 42.0 Å². The van der Waals surface area contributed by atoms with Crippen molar-refractivity contribution in [2.75, 3.05) is 17.2 Å². The van der Waals surface area contributed by atoms with Gasteiger partial charge in [-0.2, -0.15) is 15.3 Å². The second-order valence-electron chi connectivity index (χ2n) is 8.61. The first kappa shape index (κ1) is 23.4. The van der Waals surface area contributed by atoms with Crippen LogP contribution in [0.5, 0.6) is 0 Å². The van der Waals surface area contributed by atoms with E-state index in [0.717, 1.165) is 42.4 Å². The molecule has 0 spiro atoms. The van der Waals surface area contributed by atoms with E-state index in [2.05, 4.69) is 58.6 Å². The summed E-state index contributed by atoms with van der Waals surface area (Å²) in [5.74, 6) is 1.93. The molecule has 176 valence electrons. The largest absolute Gasteiger partial charge is 0.390 e. The molecule has 3 aromatic rings. The van der Waals surface area contributed by atoms with E-state index in [9.17, 15) is 5.11 Å². The molecule has 4 rings (SSSR count). The van der Waals surface area contributed by atoms with E-state index < -0.39 is 0 Å². The van der Waals surface area contributed by atoms with Crippen molar-refractivity contribution in [3.05, 3.63) is 22.7 Å². The molecule has 0 aliphatic carbocycles. The van der Waals surface area contributed by atoms with Gasteiger partial charge >= 0.3 is 0 Å². The fourth-order valence-corrected chi connectivity index (χ4v) is 5.69. The first-order valence-corrected chi connectivity index (χ1v) is 12.5. The Morgan fingerprint density at radius 2 is 2.00 bits per heavy atom. The van der Waals surface area contributed by atoms with Gasteiger partial charge in [-0.3, -0.25) is 10.00 Å². The highest BCUT2D eigenvalue weighted by Crippen LogP contribution is 2.33. The molecule has 4 N–H and O–H groups in total. The minimum atomic E-state index is -0.0942. The number of aromatic nitrogens is 4. The van der Waals surface area contributed by atoms with E-state index in [1.165, 1.54) is 4.88 Å². The van der Waals surface area contributed by atoms with Crippen LogP contribution in [0.4, 0.5) is 17.6 Å². The molecule has 1 aliphatic rings. The molecule has 4 heterocycles.